The maximum absolute atomic E-state index is 14.4. The van der Waals surface area contributed by atoms with Crippen molar-refractivity contribution < 1.29 is 32.2 Å². The van der Waals surface area contributed by atoms with Crippen molar-refractivity contribution in [1.29, 1.82) is 0 Å². The number of nitrogens with one attached hydrogen (secondary N) is 1. The van der Waals surface area contributed by atoms with Crippen LogP contribution in [0.15, 0.2) is 47.4 Å². The summed E-state index contributed by atoms with van der Waals surface area (Å²) >= 11 is 0. The maximum Gasteiger partial charge on any atom is 0.306 e. The number of piperidine rings is 1. The molecule has 31 heavy (non-hydrogen) atoms. The molecule has 0 atom stereocenters. The first-order valence-electron chi connectivity index (χ1n) is 9.79. The van der Waals surface area contributed by atoms with Crippen LogP contribution in [0.25, 0.3) is 0 Å². The third-order valence-electron chi connectivity index (χ3n) is 5.04. The lowest BCUT2D eigenvalue weighted by Gasteiger charge is -2.29. The summed E-state index contributed by atoms with van der Waals surface area (Å²) in [6.07, 6.45) is 0.294. The molecule has 0 spiro atoms. The Bertz CT molecular complexity index is 1060. The smallest absolute Gasteiger partial charge is 0.306 e. The van der Waals surface area contributed by atoms with Crippen molar-refractivity contribution in [2.45, 2.75) is 24.7 Å². The van der Waals surface area contributed by atoms with E-state index in [4.69, 9.17) is 9.84 Å². The van der Waals surface area contributed by atoms with Crippen molar-refractivity contribution in [2.75, 3.05) is 25.0 Å². The topological polar surface area (TPSA) is 113 Å². The van der Waals surface area contributed by atoms with Crippen molar-refractivity contribution in [3.63, 3.8) is 0 Å². The highest BCUT2D eigenvalue weighted by atomic mass is 32.2. The summed E-state index contributed by atoms with van der Waals surface area (Å²) < 4.78 is 46.6. The van der Waals surface area contributed by atoms with Crippen LogP contribution in [0.3, 0.4) is 0 Å². The van der Waals surface area contributed by atoms with Gasteiger partial charge in [0.05, 0.1) is 12.5 Å². The highest BCUT2D eigenvalue weighted by molar-refractivity contribution is 7.89. The minimum Gasteiger partial charge on any atom is -0.494 e. The number of halogens is 1. The lowest BCUT2D eigenvalue weighted by molar-refractivity contribution is -0.142. The van der Waals surface area contributed by atoms with Crippen LogP contribution in [0.2, 0.25) is 0 Å². The Morgan fingerprint density at radius 2 is 1.81 bits per heavy atom. The third kappa shape index (κ3) is 5.20. The van der Waals surface area contributed by atoms with Gasteiger partial charge in [0.2, 0.25) is 10.0 Å². The summed E-state index contributed by atoms with van der Waals surface area (Å²) in [6.45, 7) is 2.31. The molecular weight excluding hydrogens is 427 g/mol. The van der Waals surface area contributed by atoms with E-state index in [0.717, 1.165) is 16.4 Å². The first-order valence-corrected chi connectivity index (χ1v) is 11.2. The van der Waals surface area contributed by atoms with Crippen molar-refractivity contribution in [2.24, 2.45) is 5.92 Å². The monoisotopic (exact) mass is 450 g/mol. The van der Waals surface area contributed by atoms with E-state index in [2.05, 4.69) is 5.32 Å². The molecule has 0 radical (unpaired) electrons. The van der Waals surface area contributed by atoms with Crippen LogP contribution in [0.4, 0.5) is 10.1 Å². The quantitative estimate of drug-likeness (QED) is 0.671. The molecule has 3 rings (SSSR count). The van der Waals surface area contributed by atoms with E-state index >= 15 is 0 Å². The van der Waals surface area contributed by atoms with E-state index in [-0.39, 0.29) is 31.5 Å². The van der Waals surface area contributed by atoms with Crippen LogP contribution in [0.5, 0.6) is 5.75 Å². The van der Waals surface area contributed by atoms with Gasteiger partial charge in [-0.15, -0.1) is 0 Å². The molecule has 1 fully saturated rings. The van der Waals surface area contributed by atoms with Gasteiger partial charge in [0.15, 0.2) is 0 Å². The number of hydrogen-bond acceptors (Lipinski definition) is 5. The zero-order chi connectivity index (χ0) is 22.6. The molecule has 1 amide bonds. The number of ether oxygens (including phenoxy) is 1. The molecule has 0 bridgehead atoms. The van der Waals surface area contributed by atoms with Gasteiger partial charge in [-0.05, 0) is 62.2 Å². The van der Waals surface area contributed by atoms with Gasteiger partial charge in [0.1, 0.15) is 16.5 Å². The number of amides is 1. The molecule has 1 aliphatic rings. The normalized spacial score (nSPS) is 15.4. The van der Waals surface area contributed by atoms with Gasteiger partial charge >= 0.3 is 5.97 Å². The summed E-state index contributed by atoms with van der Waals surface area (Å²) in [5.74, 6) is -2.52. The fourth-order valence-electron chi connectivity index (χ4n) is 3.33. The van der Waals surface area contributed by atoms with E-state index < -0.39 is 38.5 Å². The molecule has 2 aromatic carbocycles. The van der Waals surface area contributed by atoms with Gasteiger partial charge in [-0.25, -0.2) is 12.8 Å². The highest BCUT2D eigenvalue weighted by Gasteiger charge is 2.33. The number of benzene rings is 2. The van der Waals surface area contributed by atoms with Crippen LogP contribution in [-0.2, 0) is 14.8 Å². The van der Waals surface area contributed by atoms with E-state index in [9.17, 15) is 22.4 Å². The van der Waals surface area contributed by atoms with Gasteiger partial charge in [0.25, 0.3) is 5.91 Å². The second-order valence-electron chi connectivity index (χ2n) is 7.07. The predicted molar refractivity (Wildman–Crippen MR) is 111 cm³/mol. The molecule has 10 heteroatoms. The minimum absolute atomic E-state index is 0.0192. The number of aliphatic carboxylic acids is 1. The largest absolute Gasteiger partial charge is 0.494 e. The highest BCUT2D eigenvalue weighted by Crippen LogP contribution is 2.26. The number of carboxylic acids is 1. The molecule has 0 unspecified atom stereocenters. The molecule has 8 nitrogen and oxygen atoms in total. The number of sulfonamides is 1. The predicted octanol–water partition coefficient (Wildman–Crippen LogP) is 2.96. The Labute approximate surface area is 179 Å². The maximum atomic E-state index is 14.4. The van der Waals surface area contributed by atoms with Crippen LogP contribution in [-0.4, -0.2) is 49.4 Å². The second kappa shape index (κ2) is 9.44. The lowest BCUT2D eigenvalue weighted by atomic mass is 9.99. The summed E-state index contributed by atoms with van der Waals surface area (Å²) in [4.78, 5) is 23.0. The van der Waals surface area contributed by atoms with Crippen LogP contribution < -0.4 is 10.1 Å². The second-order valence-corrected chi connectivity index (χ2v) is 8.98. The number of rotatable bonds is 7. The molecule has 2 aromatic rings. The SMILES string of the molecule is CCOc1ccc(NC(=O)c2ccc(F)c(S(=O)(=O)N3CCC(C(=O)O)CC3)c2)cc1. The molecule has 0 aliphatic carbocycles. The van der Waals surface area contributed by atoms with Gasteiger partial charge in [0, 0.05) is 24.3 Å². The third-order valence-corrected chi connectivity index (χ3v) is 6.95. The Morgan fingerprint density at radius 3 is 2.39 bits per heavy atom. The number of hydrogen-bond donors (Lipinski definition) is 2. The van der Waals surface area contributed by atoms with Gasteiger partial charge in [-0.2, -0.15) is 4.31 Å². The average Bonchev–Trinajstić information content (AvgIpc) is 2.75. The van der Waals surface area contributed by atoms with Crippen molar-refractivity contribution in [3.05, 3.63) is 53.8 Å². The summed E-state index contributed by atoms with van der Waals surface area (Å²) in [7, 11) is -4.21. The average molecular weight is 450 g/mol. The molecule has 166 valence electrons. The lowest BCUT2D eigenvalue weighted by Crippen LogP contribution is -2.40. The Balaban J connectivity index is 1.77. The molecule has 0 saturated carbocycles. The van der Waals surface area contributed by atoms with E-state index in [1.807, 2.05) is 6.92 Å². The van der Waals surface area contributed by atoms with Crippen molar-refractivity contribution in [3.8, 4) is 5.75 Å². The van der Waals surface area contributed by atoms with Crippen molar-refractivity contribution in [1.82, 2.24) is 4.31 Å². The fraction of sp³-hybridized carbons (Fsp3) is 0.333. The van der Waals surface area contributed by atoms with Crippen molar-refractivity contribution >= 4 is 27.6 Å². The molecule has 1 saturated heterocycles. The molecule has 1 aliphatic heterocycles. The molecule has 1 heterocycles. The van der Waals surface area contributed by atoms with Crippen LogP contribution >= 0.6 is 0 Å². The molecular formula is C21H23FN2O6S. The summed E-state index contributed by atoms with van der Waals surface area (Å²) in [6, 6.07) is 9.77. The van der Waals surface area contributed by atoms with E-state index in [1.165, 1.54) is 6.07 Å². The summed E-state index contributed by atoms with van der Waals surface area (Å²) in [5.41, 5.74) is 0.451. The molecule has 2 N–H and O–H groups in total. The number of anilines is 1. The zero-order valence-electron chi connectivity index (χ0n) is 16.9. The molecule has 0 aromatic heterocycles. The Kier molecular flexibility index (Phi) is 6.91. The van der Waals surface area contributed by atoms with Crippen LogP contribution in [0.1, 0.15) is 30.1 Å². The minimum atomic E-state index is -4.21. The van der Waals surface area contributed by atoms with Crippen LogP contribution in [0, 0.1) is 11.7 Å². The number of carbonyl (C=O) groups excluding carboxylic acids is 1. The Hall–Kier alpha value is -2.98. The summed E-state index contributed by atoms with van der Waals surface area (Å²) in [5, 5.41) is 11.7. The first kappa shape index (κ1) is 22.7. The zero-order valence-corrected chi connectivity index (χ0v) is 17.7. The van der Waals surface area contributed by atoms with E-state index in [1.54, 1.807) is 24.3 Å². The number of carbonyl (C=O) groups is 2. The van der Waals surface area contributed by atoms with Gasteiger partial charge in [-0.3, -0.25) is 9.59 Å². The van der Waals surface area contributed by atoms with E-state index in [0.29, 0.717) is 18.0 Å². The number of carboxylic acid groups (broad SMARTS) is 1. The first-order chi connectivity index (χ1) is 14.7. The standard InChI is InChI=1S/C21H23FN2O6S/c1-2-30-17-6-4-16(5-7-17)23-20(25)15-3-8-18(22)19(13-15)31(28,29)24-11-9-14(10-12-24)21(26)27/h3-8,13-14H,2,9-12H2,1H3,(H,23,25)(H,26,27). The van der Waals surface area contributed by atoms with Gasteiger partial charge < -0.3 is 15.2 Å². The number of nitrogens with zero attached hydrogens (tertiary/aromatic N) is 1. The Morgan fingerprint density at radius 1 is 1.16 bits per heavy atom. The fourth-order valence-corrected chi connectivity index (χ4v) is 4.89. The van der Waals surface area contributed by atoms with Gasteiger partial charge in [-0.1, -0.05) is 0 Å².